The predicted molar refractivity (Wildman–Crippen MR) is 135 cm³/mol. The van der Waals surface area contributed by atoms with E-state index in [1.54, 1.807) is 7.11 Å². The molecule has 2 aliphatic rings. The van der Waals surface area contributed by atoms with Gasteiger partial charge >= 0.3 is 0 Å². The van der Waals surface area contributed by atoms with Gasteiger partial charge in [-0.25, -0.2) is 0 Å². The Hall–Kier alpha value is -1.78. The summed E-state index contributed by atoms with van der Waals surface area (Å²) >= 11 is 0. The first-order chi connectivity index (χ1) is 16.6. The van der Waals surface area contributed by atoms with Gasteiger partial charge in [0.15, 0.2) is 20.9 Å². The highest BCUT2D eigenvalue weighted by molar-refractivity contribution is 6.74. The molecule has 35 heavy (non-hydrogen) atoms. The lowest BCUT2D eigenvalue weighted by atomic mass is 9.97. The molecule has 0 saturated carbocycles. The molecular formula is C27H38O7Si. The molecule has 192 valence electrons. The highest BCUT2D eigenvalue weighted by Gasteiger charge is 2.53. The average Bonchev–Trinajstić information content (AvgIpc) is 2.84. The zero-order valence-corrected chi connectivity index (χ0v) is 22.5. The van der Waals surface area contributed by atoms with Gasteiger partial charge in [0.1, 0.15) is 30.2 Å². The van der Waals surface area contributed by atoms with Crippen LogP contribution in [-0.2, 0) is 30.0 Å². The minimum atomic E-state index is -2.26. The van der Waals surface area contributed by atoms with Gasteiger partial charge in [-0.3, -0.25) is 0 Å². The molecule has 2 heterocycles. The van der Waals surface area contributed by atoms with Crippen LogP contribution in [-0.4, -0.2) is 57.8 Å². The van der Waals surface area contributed by atoms with Crippen molar-refractivity contribution < 1.29 is 33.2 Å². The van der Waals surface area contributed by atoms with Crippen molar-refractivity contribution in [2.24, 2.45) is 0 Å². The van der Waals surface area contributed by atoms with Crippen LogP contribution in [0.2, 0.25) is 18.1 Å². The van der Waals surface area contributed by atoms with Gasteiger partial charge in [0.2, 0.25) is 0 Å². The molecule has 2 aromatic carbocycles. The van der Waals surface area contributed by atoms with Crippen LogP contribution in [0.3, 0.4) is 0 Å². The number of aliphatic hydroxyl groups is 1. The maximum absolute atomic E-state index is 11.0. The topological polar surface area (TPSA) is 75.6 Å². The minimum Gasteiger partial charge on any atom is -0.497 e. The average molecular weight is 503 g/mol. The summed E-state index contributed by atoms with van der Waals surface area (Å²) in [4.78, 5) is 0. The summed E-state index contributed by atoms with van der Waals surface area (Å²) in [5, 5.41) is 11.0. The maximum Gasteiger partial charge on any atom is 0.192 e. The maximum atomic E-state index is 11.0. The van der Waals surface area contributed by atoms with Gasteiger partial charge in [0, 0.05) is 5.56 Å². The van der Waals surface area contributed by atoms with E-state index < -0.39 is 45.3 Å². The first kappa shape index (κ1) is 26.3. The smallest absolute Gasteiger partial charge is 0.192 e. The summed E-state index contributed by atoms with van der Waals surface area (Å²) in [5.41, 5.74) is 1.91. The SMILES string of the molecule is COc1ccc(CO[C@@H]2[C@H](O[Si](C)(C)C(C)(C)C)[C@@H](O)O[C@@H]3CO[C@@H](c4ccccc4)O[C@@H]23)cc1. The molecule has 2 saturated heterocycles. The van der Waals surface area contributed by atoms with Gasteiger partial charge in [-0.05, 0) is 35.8 Å². The Labute approximate surface area is 209 Å². The van der Waals surface area contributed by atoms with Crippen LogP contribution in [0, 0.1) is 0 Å². The monoisotopic (exact) mass is 502 g/mol. The largest absolute Gasteiger partial charge is 0.497 e. The van der Waals surface area contributed by atoms with E-state index in [0.717, 1.165) is 16.9 Å². The number of ether oxygens (including phenoxy) is 5. The predicted octanol–water partition coefficient (Wildman–Crippen LogP) is 4.80. The fourth-order valence-corrected chi connectivity index (χ4v) is 5.37. The zero-order valence-electron chi connectivity index (χ0n) is 21.5. The molecule has 2 fully saturated rings. The molecular weight excluding hydrogens is 464 g/mol. The second kappa shape index (κ2) is 10.7. The summed E-state index contributed by atoms with van der Waals surface area (Å²) in [5.74, 6) is 0.785. The highest BCUT2D eigenvalue weighted by Crippen LogP contribution is 2.42. The van der Waals surface area contributed by atoms with Crippen molar-refractivity contribution in [1.82, 2.24) is 0 Å². The molecule has 0 aliphatic carbocycles. The molecule has 2 aliphatic heterocycles. The lowest BCUT2D eigenvalue weighted by molar-refractivity contribution is -0.358. The van der Waals surface area contributed by atoms with Gasteiger partial charge in [-0.15, -0.1) is 0 Å². The van der Waals surface area contributed by atoms with Gasteiger partial charge in [-0.2, -0.15) is 0 Å². The van der Waals surface area contributed by atoms with Crippen molar-refractivity contribution in [3.8, 4) is 5.75 Å². The van der Waals surface area contributed by atoms with Gasteiger partial charge in [0.25, 0.3) is 0 Å². The van der Waals surface area contributed by atoms with Crippen molar-refractivity contribution in [2.45, 2.75) is 82.5 Å². The second-order valence-electron chi connectivity index (χ2n) is 10.7. The number of methoxy groups -OCH3 is 1. The standard InChI is InChI=1S/C27H38O7Si/c1-27(2,3)35(5,6)34-24-23(30-16-18-12-14-20(29-4)15-13-18)22-21(32-25(24)28)17-31-26(33-22)19-10-8-7-9-11-19/h7-15,21-26,28H,16-17H2,1-6H3/t21-,22-,23+,24+,25+,26-/m1/s1. The number of hydrogen-bond acceptors (Lipinski definition) is 7. The van der Waals surface area contributed by atoms with E-state index in [9.17, 15) is 5.11 Å². The van der Waals surface area contributed by atoms with Crippen LogP contribution in [0.1, 0.15) is 38.2 Å². The van der Waals surface area contributed by atoms with E-state index in [1.165, 1.54) is 0 Å². The second-order valence-corrected chi connectivity index (χ2v) is 15.5. The molecule has 7 nitrogen and oxygen atoms in total. The summed E-state index contributed by atoms with van der Waals surface area (Å²) < 4.78 is 36.8. The van der Waals surface area contributed by atoms with Crippen LogP contribution in [0.15, 0.2) is 54.6 Å². The number of aliphatic hydroxyl groups excluding tert-OH is 1. The fourth-order valence-electron chi connectivity index (χ4n) is 4.09. The van der Waals surface area contributed by atoms with E-state index in [0.29, 0.717) is 6.61 Å². The van der Waals surface area contributed by atoms with E-state index >= 15 is 0 Å². The molecule has 1 N–H and O–H groups in total. The number of rotatable bonds is 7. The van der Waals surface area contributed by atoms with Crippen molar-refractivity contribution >= 4 is 8.32 Å². The lowest BCUT2D eigenvalue weighted by Gasteiger charge is -2.50. The molecule has 0 spiro atoms. The van der Waals surface area contributed by atoms with E-state index in [-0.39, 0.29) is 11.6 Å². The summed E-state index contributed by atoms with van der Waals surface area (Å²) in [7, 11) is -0.615. The third kappa shape index (κ3) is 5.97. The van der Waals surface area contributed by atoms with E-state index in [4.69, 9.17) is 28.1 Å². The third-order valence-electron chi connectivity index (χ3n) is 7.21. The Morgan fingerprint density at radius 2 is 1.66 bits per heavy atom. The minimum absolute atomic E-state index is 0.0484. The molecule has 2 aromatic rings. The summed E-state index contributed by atoms with van der Waals surface area (Å²) in [6.07, 6.45) is -3.86. The molecule has 0 aromatic heterocycles. The fraction of sp³-hybridized carbons (Fsp3) is 0.556. The lowest BCUT2D eigenvalue weighted by Crippen LogP contribution is -2.65. The van der Waals surface area contributed by atoms with Crippen LogP contribution in [0.5, 0.6) is 5.75 Å². The van der Waals surface area contributed by atoms with Crippen LogP contribution in [0.4, 0.5) is 0 Å². The normalized spacial score (nSPS) is 29.5. The van der Waals surface area contributed by atoms with Crippen molar-refractivity contribution in [2.75, 3.05) is 13.7 Å². The molecule has 0 unspecified atom stereocenters. The molecule has 0 amide bonds. The highest BCUT2D eigenvalue weighted by atomic mass is 28.4. The number of fused-ring (bicyclic) bond motifs is 1. The Balaban J connectivity index is 1.59. The number of benzene rings is 2. The van der Waals surface area contributed by atoms with Crippen LogP contribution < -0.4 is 4.74 Å². The van der Waals surface area contributed by atoms with Crippen molar-refractivity contribution in [3.05, 3.63) is 65.7 Å². The molecule has 0 bridgehead atoms. The first-order valence-corrected chi connectivity index (χ1v) is 15.1. The third-order valence-corrected chi connectivity index (χ3v) is 11.7. The van der Waals surface area contributed by atoms with Crippen molar-refractivity contribution in [1.29, 1.82) is 0 Å². The Morgan fingerprint density at radius 3 is 2.29 bits per heavy atom. The quantitative estimate of drug-likeness (QED) is 0.545. The van der Waals surface area contributed by atoms with Gasteiger partial charge < -0.3 is 33.2 Å². The zero-order chi connectivity index (χ0) is 25.2. The summed E-state index contributed by atoms with van der Waals surface area (Å²) in [6.45, 7) is 11.4. The molecule has 8 heteroatoms. The Bertz CT molecular complexity index is 944. The Kier molecular flexibility index (Phi) is 8.02. The van der Waals surface area contributed by atoms with Gasteiger partial charge in [0.05, 0.1) is 20.3 Å². The summed E-state index contributed by atoms with van der Waals surface area (Å²) in [6, 6.07) is 17.5. The Morgan fingerprint density at radius 1 is 0.971 bits per heavy atom. The molecule has 0 radical (unpaired) electrons. The van der Waals surface area contributed by atoms with E-state index in [1.807, 2.05) is 54.6 Å². The van der Waals surface area contributed by atoms with Crippen molar-refractivity contribution in [3.63, 3.8) is 0 Å². The van der Waals surface area contributed by atoms with Gasteiger partial charge in [-0.1, -0.05) is 63.2 Å². The van der Waals surface area contributed by atoms with Crippen LogP contribution >= 0.6 is 0 Å². The molecule has 4 rings (SSSR count). The van der Waals surface area contributed by atoms with E-state index in [2.05, 4.69) is 33.9 Å². The first-order valence-electron chi connectivity index (χ1n) is 12.2. The molecule has 6 atom stereocenters. The number of hydrogen-bond donors (Lipinski definition) is 1. The van der Waals surface area contributed by atoms with Crippen LogP contribution in [0.25, 0.3) is 0 Å².